The fraction of sp³-hybridized carbons (Fsp3) is 0.500. The molecule has 6 heteroatoms. The summed E-state index contributed by atoms with van der Waals surface area (Å²) >= 11 is 0. The van der Waals surface area contributed by atoms with Crippen LogP contribution in [0.1, 0.15) is 45.7 Å². The zero-order valence-electron chi connectivity index (χ0n) is 15.3. The second-order valence-corrected chi connectivity index (χ2v) is 7.23. The summed E-state index contributed by atoms with van der Waals surface area (Å²) < 4.78 is 12.2. The first-order valence-corrected chi connectivity index (χ1v) is 8.12. The third-order valence-electron chi connectivity index (χ3n) is 4.71. The first-order valence-electron chi connectivity index (χ1n) is 8.12. The van der Waals surface area contributed by atoms with Crippen molar-refractivity contribution >= 4 is 19.1 Å². The van der Waals surface area contributed by atoms with Gasteiger partial charge in [-0.3, -0.25) is 4.79 Å². The van der Waals surface area contributed by atoms with Gasteiger partial charge in [0.2, 0.25) is 5.91 Å². The van der Waals surface area contributed by atoms with Crippen LogP contribution in [0.4, 0.5) is 0 Å². The second-order valence-electron chi connectivity index (χ2n) is 7.23. The minimum absolute atomic E-state index is 0.133. The van der Waals surface area contributed by atoms with Gasteiger partial charge in [-0.1, -0.05) is 24.3 Å². The van der Waals surface area contributed by atoms with Crippen LogP contribution in [0.2, 0.25) is 0 Å². The molecule has 1 amide bonds. The molecule has 1 aliphatic heterocycles. The Morgan fingerprint density at radius 1 is 1.25 bits per heavy atom. The lowest BCUT2D eigenvalue weighted by Gasteiger charge is -2.32. The highest BCUT2D eigenvalue weighted by Crippen LogP contribution is 2.39. The zero-order valence-corrected chi connectivity index (χ0v) is 15.3. The maximum atomic E-state index is 11.3. The van der Waals surface area contributed by atoms with Gasteiger partial charge >= 0.3 is 7.12 Å². The number of phenols is 1. The average molecular weight is 331 g/mol. The van der Waals surface area contributed by atoms with E-state index in [1.807, 2.05) is 58.9 Å². The van der Waals surface area contributed by atoms with E-state index in [0.717, 1.165) is 11.0 Å². The number of benzene rings is 1. The molecular formula is C18H26BNO4. The molecule has 1 saturated heterocycles. The maximum Gasteiger partial charge on any atom is 0.492 e. The predicted molar refractivity (Wildman–Crippen MR) is 95.6 cm³/mol. The summed E-state index contributed by atoms with van der Waals surface area (Å²) in [4.78, 5) is 11.3. The van der Waals surface area contributed by atoms with Crippen molar-refractivity contribution in [3.63, 3.8) is 0 Å². The van der Waals surface area contributed by atoms with Crippen molar-refractivity contribution < 1.29 is 19.2 Å². The van der Waals surface area contributed by atoms with Crippen LogP contribution in [0.3, 0.4) is 0 Å². The van der Waals surface area contributed by atoms with Gasteiger partial charge in [-0.2, -0.15) is 0 Å². The number of phenolic OH excluding ortho intramolecular Hbond substituents is 1. The molecule has 2 rings (SSSR count). The Morgan fingerprint density at radius 2 is 1.83 bits per heavy atom. The Labute approximate surface area is 144 Å². The fourth-order valence-electron chi connectivity index (χ4n) is 2.42. The minimum Gasteiger partial charge on any atom is -0.507 e. The van der Waals surface area contributed by atoms with Gasteiger partial charge in [0.15, 0.2) is 0 Å². The van der Waals surface area contributed by atoms with Crippen LogP contribution < -0.4 is 5.32 Å². The predicted octanol–water partition coefficient (Wildman–Crippen LogP) is 2.85. The van der Waals surface area contributed by atoms with Gasteiger partial charge < -0.3 is 19.7 Å². The number of rotatable bonds is 4. The quantitative estimate of drug-likeness (QED) is 0.833. The zero-order chi connectivity index (χ0) is 18.1. The highest BCUT2D eigenvalue weighted by Gasteiger charge is 2.52. The molecule has 0 bridgehead atoms. The number of carbonyl (C=O) groups excluding carboxylic acids is 1. The van der Waals surface area contributed by atoms with Crippen LogP contribution in [-0.4, -0.2) is 35.9 Å². The van der Waals surface area contributed by atoms with E-state index in [0.29, 0.717) is 12.1 Å². The van der Waals surface area contributed by atoms with Gasteiger partial charge in [0.25, 0.3) is 0 Å². The molecule has 1 fully saturated rings. The lowest BCUT2D eigenvalue weighted by molar-refractivity contribution is -0.118. The van der Waals surface area contributed by atoms with Gasteiger partial charge in [-0.25, -0.2) is 0 Å². The highest BCUT2D eigenvalue weighted by molar-refractivity contribution is 6.56. The summed E-state index contributed by atoms with van der Waals surface area (Å²) in [5, 5.41) is 13.0. The van der Waals surface area contributed by atoms with Crippen molar-refractivity contribution in [1.82, 2.24) is 5.32 Å². The molecule has 24 heavy (non-hydrogen) atoms. The number of aromatic hydroxyl groups is 1. The third-order valence-corrected chi connectivity index (χ3v) is 4.71. The fourth-order valence-corrected chi connectivity index (χ4v) is 2.42. The Balaban J connectivity index is 2.37. The number of nitrogens with one attached hydrogen (secondary N) is 1. The summed E-state index contributed by atoms with van der Waals surface area (Å²) in [6, 6.07) is 5.54. The van der Waals surface area contributed by atoms with Gasteiger partial charge in [-0.15, -0.1) is 0 Å². The Kier molecular flexibility index (Phi) is 5.11. The molecule has 0 unspecified atom stereocenters. The van der Waals surface area contributed by atoms with Crippen LogP contribution in [0.5, 0.6) is 5.75 Å². The van der Waals surface area contributed by atoms with Crippen molar-refractivity contribution in [2.75, 3.05) is 6.54 Å². The average Bonchev–Trinajstić information content (AvgIpc) is 2.67. The van der Waals surface area contributed by atoms with Crippen LogP contribution in [-0.2, 0) is 14.1 Å². The van der Waals surface area contributed by atoms with Crippen molar-refractivity contribution in [3.8, 4) is 5.75 Å². The second kappa shape index (κ2) is 6.61. The summed E-state index contributed by atoms with van der Waals surface area (Å²) in [6.45, 7) is 11.5. The number of aryl methyl sites for hydroxylation is 1. The smallest absolute Gasteiger partial charge is 0.492 e. The van der Waals surface area contributed by atoms with Crippen LogP contribution in [0.25, 0.3) is 6.08 Å². The molecule has 1 heterocycles. The molecule has 1 aromatic rings. The van der Waals surface area contributed by atoms with E-state index in [2.05, 4.69) is 5.32 Å². The monoisotopic (exact) mass is 331 g/mol. The van der Waals surface area contributed by atoms with Gasteiger partial charge in [0.1, 0.15) is 5.75 Å². The molecular weight excluding hydrogens is 305 g/mol. The van der Waals surface area contributed by atoms with E-state index in [9.17, 15) is 9.90 Å². The Morgan fingerprint density at radius 3 is 2.38 bits per heavy atom. The third kappa shape index (κ3) is 3.82. The molecule has 1 aliphatic rings. The standard InChI is InChI=1S/C18H26BNO4/c1-12-8-7-9-14(16(12)22)10-15(11-20-13(2)21)19-23-17(3,4)18(5,6)24-19/h7-10,22H,11H2,1-6H3,(H,20,21). The molecule has 1 aromatic carbocycles. The Hall–Kier alpha value is -1.79. The van der Waals surface area contributed by atoms with Gasteiger partial charge in [0, 0.05) is 19.0 Å². The van der Waals surface area contributed by atoms with E-state index in [-0.39, 0.29) is 11.7 Å². The molecule has 2 N–H and O–H groups in total. The van der Waals surface area contributed by atoms with Crippen LogP contribution >= 0.6 is 0 Å². The number of hydrogen-bond donors (Lipinski definition) is 2. The number of amides is 1. The molecule has 0 spiro atoms. The van der Waals surface area contributed by atoms with E-state index in [4.69, 9.17) is 9.31 Å². The lowest BCUT2D eigenvalue weighted by Crippen LogP contribution is -2.41. The number of para-hydroxylation sites is 1. The molecule has 0 saturated carbocycles. The SMILES string of the molecule is CC(=O)NCC(=Cc1cccc(C)c1O)B1OC(C)(C)C(C)(C)O1. The molecule has 0 aromatic heterocycles. The Bertz CT molecular complexity index is 651. The maximum absolute atomic E-state index is 11.3. The molecule has 0 radical (unpaired) electrons. The van der Waals surface area contributed by atoms with Gasteiger partial charge in [-0.05, 0) is 45.7 Å². The first kappa shape index (κ1) is 18.6. The minimum atomic E-state index is -0.582. The van der Waals surface area contributed by atoms with Crippen LogP contribution in [0.15, 0.2) is 23.7 Å². The van der Waals surface area contributed by atoms with Crippen molar-refractivity contribution in [2.45, 2.75) is 52.7 Å². The summed E-state index contributed by atoms with van der Waals surface area (Å²) in [5.74, 6) is 0.0835. The molecule has 0 aliphatic carbocycles. The normalized spacial score (nSPS) is 19.4. The number of hydrogen-bond acceptors (Lipinski definition) is 4. The first-order chi connectivity index (χ1) is 11.0. The van der Waals surface area contributed by atoms with Crippen molar-refractivity contribution in [1.29, 1.82) is 0 Å². The summed E-state index contributed by atoms with van der Waals surface area (Å²) in [5.41, 5.74) is 1.27. The topological polar surface area (TPSA) is 67.8 Å². The van der Waals surface area contributed by atoms with E-state index in [1.165, 1.54) is 6.92 Å². The highest BCUT2D eigenvalue weighted by atomic mass is 16.7. The summed E-state index contributed by atoms with van der Waals surface area (Å²) in [7, 11) is -0.582. The largest absolute Gasteiger partial charge is 0.507 e. The van der Waals surface area contributed by atoms with Crippen molar-refractivity contribution in [3.05, 3.63) is 34.8 Å². The van der Waals surface area contributed by atoms with E-state index in [1.54, 1.807) is 0 Å². The van der Waals surface area contributed by atoms with Crippen LogP contribution in [0, 0.1) is 6.92 Å². The number of carbonyl (C=O) groups is 1. The molecule has 130 valence electrons. The lowest BCUT2D eigenvalue weighted by atomic mass is 9.76. The van der Waals surface area contributed by atoms with Crippen molar-refractivity contribution in [2.24, 2.45) is 0 Å². The molecule has 0 atom stereocenters. The van der Waals surface area contributed by atoms with E-state index < -0.39 is 18.3 Å². The van der Waals surface area contributed by atoms with E-state index >= 15 is 0 Å². The summed E-state index contributed by atoms with van der Waals surface area (Å²) in [6.07, 6.45) is 1.82. The molecule has 5 nitrogen and oxygen atoms in total. The van der Waals surface area contributed by atoms with Gasteiger partial charge in [0.05, 0.1) is 11.2 Å².